The van der Waals surface area contributed by atoms with E-state index in [4.69, 9.17) is 9.47 Å². The van der Waals surface area contributed by atoms with Crippen LogP contribution < -0.4 is 9.47 Å². The Morgan fingerprint density at radius 2 is 2.05 bits per heavy atom. The number of hydrogen-bond donors (Lipinski definition) is 0. The van der Waals surface area contributed by atoms with Crippen LogP contribution >= 0.6 is 15.9 Å². The zero-order chi connectivity index (χ0) is 15.0. The van der Waals surface area contributed by atoms with Crippen molar-refractivity contribution in [1.82, 2.24) is 0 Å². The van der Waals surface area contributed by atoms with Crippen LogP contribution in [0.25, 0.3) is 0 Å². The molecule has 21 heavy (non-hydrogen) atoms. The molecule has 0 N–H and O–H groups in total. The largest absolute Gasteiger partial charge is 0.483 e. The van der Waals surface area contributed by atoms with Gasteiger partial charge in [-0.2, -0.15) is 0 Å². The summed E-state index contributed by atoms with van der Waals surface area (Å²) in [6.45, 7) is 4.10. The quantitative estimate of drug-likeness (QED) is 0.751. The summed E-state index contributed by atoms with van der Waals surface area (Å²) in [5.74, 6) is 1.93. The molecule has 3 rings (SSSR count). The molecule has 0 saturated carbocycles. The van der Waals surface area contributed by atoms with Gasteiger partial charge in [-0.15, -0.1) is 0 Å². The lowest BCUT2D eigenvalue weighted by Crippen LogP contribution is -2.24. The Morgan fingerprint density at radius 3 is 2.81 bits per heavy atom. The third-order valence-electron chi connectivity index (χ3n) is 3.37. The van der Waals surface area contributed by atoms with Crippen molar-refractivity contribution in [2.45, 2.75) is 25.9 Å². The summed E-state index contributed by atoms with van der Waals surface area (Å²) in [4.78, 5) is 11.2. The lowest BCUT2D eigenvalue weighted by atomic mass is 10.0. The van der Waals surface area contributed by atoms with Crippen LogP contribution in [-0.4, -0.2) is 11.9 Å². The topological polar surface area (TPSA) is 35.5 Å². The number of hydrogen-bond acceptors (Lipinski definition) is 3. The maximum absolute atomic E-state index is 11.2. The Balaban J connectivity index is 1.98. The van der Waals surface area contributed by atoms with Crippen molar-refractivity contribution in [3.05, 3.63) is 52.0 Å². The lowest BCUT2D eigenvalue weighted by Gasteiger charge is -2.18. The predicted octanol–water partition coefficient (Wildman–Crippen LogP) is 4.77. The van der Waals surface area contributed by atoms with E-state index in [1.54, 1.807) is 12.1 Å². The molecule has 2 aromatic rings. The van der Waals surface area contributed by atoms with Gasteiger partial charge >= 0.3 is 0 Å². The first-order chi connectivity index (χ1) is 9.98. The first kappa shape index (κ1) is 14.1. The first-order valence-electron chi connectivity index (χ1n) is 6.72. The zero-order valence-electron chi connectivity index (χ0n) is 11.9. The minimum Gasteiger partial charge on any atom is -0.483 e. The van der Waals surface area contributed by atoms with Crippen molar-refractivity contribution in [1.29, 1.82) is 0 Å². The van der Waals surface area contributed by atoms with Gasteiger partial charge in [0.1, 0.15) is 11.4 Å². The Bertz CT molecular complexity index is 707. The third kappa shape index (κ3) is 2.81. The van der Waals surface area contributed by atoms with Crippen LogP contribution in [0, 0.1) is 0 Å². The number of aldehydes is 1. The van der Waals surface area contributed by atoms with E-state index in [0.717, 1.165) is 28.5 Å². The molecule has 0 aromatic heterocycles. The fourth-order valence-electron chi connectivity index (χ4n) is 2.49. The highest BCUT2D eigenvalue weighted by Crippen LogP contribution is 2.43. The van der Waals surface area contributed by atoms with Crippen LogP contribution in [0.3, 0.4) is 0 Å². The van der Waals surface area contributed by atoms with Gasteiger partial charge in [0, 0.05) is 16.5 Å². The van der Waals surface area contributed by atoms with E-state index < -0.39 is 0 Å². The second-order valence-corrected chi connectivity index (χ2v) is 6.60. The molecule has 0 unspecified atom stereocenters. The van der Waals surface area contributed by atoms with Crippen molar-refractivity contribution in [2.75, 3.05) is 0 Å². The van der Waals surface area contributed by atoms with Gasteiger partial charge in [0.25, 0.3) is 0 Å². The van der Waals surface area contributed by atoms with E-state index >= 15 is 0 Å². The summed E-state index contributed by atoms with van der Waals surface area (Å²) in [5.41, 5.74) is 1.40. The van der Waals surface area contributed by atoms with Crippen molar-refractivity contribution >= 4 is 22.2 Å². The number of fused-ring (bicyclic) bond motifs is 1. The van der Waals surface area contributed by atoms with Crippen LogP contribution in [0.15, 0.2) is 40.9 Å². The maximum Gasteiger partial charge on any atom is 0.169 e. The highest BCUT2D eigenvalue weighted by molar-refractivity contribution is 9.10. The predicted molar refractivity (Wildman–Crippen MR) is 84.5 cm³/mol. The molecule has 0 fully saturated rings. The molecule has 1 heterocycles. The van der Waals surface area contributed by atoms with Crippen LogP contribution in [0.2, 0.25) is 0 Å². The molecule has 108 valence electrons. The standard InChI is InChI=1S/C17H15BrO3/c1-17(2)9-11-4-3-5-15(16(11)21-17)20-14-7-6-13(18)8-12(14)10-19/h3-8,10H,9H2,1-2H3. The molecule has 1 aliphatic heterocycles. The maximum atomic E-state index is 11.2. The van der Waals surface area contributed by atoms with E-state index in [1.807, 2.05) is 38.1 Å². The number of ether oxygens (including phenoxy) is 2. The SMILES string of the molecule is CC1(C)Cc2cccc(Oc3ccc(Br)cc3C=O)c2O1. The van der Waals surface area contributed by atoms with Gasteiger partial charge in [-0.3, -0.25) is 4.79 Å². The van der Waals surface area contributed by atoms with Crippen molar-refractivity contribution < 1.29 is 14.3 Å². The highest BCUT2D eigenvalue weighted by Gasteiger charge is 2.32. The number of benzene rings is 2. The number of rotatable bonds is 3. The lowest BCUT2D eigenvalue weighted by molar-refractivity contribution is 0.112. The van der Waals surface area contributed by atoms with E-state index in [1.165, 1.54) is 0 Å². The zero-order valence-corrected chi connectivity index (χ0v) is 13.4. The molecule has 0 amide bonds. The van der Waals surface area contributed by atoms with E-state index in [2.05, 4.69) is 15.9 Å². The summed E-state index contributed by atoms with van der Waals surface area (Å²) >= 11 is 3.35. The van der Waals surface area contributed by atoms with Gasteiger partial charge in [-0.25, -0.2) is 0 Å². The molecular formula is C17H15BrO3. The molecule has 0 saturated heterocycles. The van der Waals surface area contributed by atoms with Gasteiger partial charge in [-0.05, 0) is 38.1 Å². The second kappa shape index (κ2) is 5.19. The second-order valence-electron chi connectivity index (χ2n) is 5.68. The molecule has 4 heteroatoms. The number of carbonyl (C=O) groups is 1. The third-order valence-corrected chi connectivity index (χ3v) is 3.87. The van der Waals surface area contributed by atoms with Gasteiger partial charge in [0.2, 0.25) is 0 Å². The van der Waals surface area contributed by atoms with Gasteiger partial charge in [0.15, 0.2) is 17.8 Å². The van der Waals surface area contributed by atoms with Crippen molar-refractivity contribution in [3.63, 3.8) is 0 Å². The van der Waals surface area contributed by atoms with Crippen molar-refractivity contribution in [2.24, 2.45) is 0 Å². The van der Waals surface area contributed by atoms with Crippen LogP contribution in [0.4, 0.5) is 0 Å². The summed E-state index contributed by atoms with van der Waals surface area (Å²) in [7, 11) is 0. The normalized spacial score (nSPS) is 15.2. The summed E-state index contributed by atoms with van der Waals surface area (Å²) < 4.78 is 12.7. The average Bonchev–Trinajstić information content (AvgIpc) is 2.75. The minimum atomic E-state index is -0.227. The van der Waals surface area contributed by atoms with Crippen LogP contribution in [0.1, 0.15) is 29.8 Å². The molecule has 0 radical (unpaired) electrons. The van der Waals surface area contributed by atoms with Crippen LogP contribution in [0.5, 0.6) is 17.2 Å². The van der Waals surface area contributed by atoms with Crippen molar-refractivity contribution in [3.8, 4) is 17.2 Å². The minimum absolute atomic E-state index is 0.227. The highest BCUT2D eigenvalue weighted by atomic mass is 79.9. The summed E-state index contributed by atoms with van der Waals surface area (Å²) in [6, 6.07) is 11.2. The Hall–Kier alpha value is -1.81. The fraction of sp³-hybridized carbons (Fsp3) is 0.235. The fourth-order valence-corrected chi connectivity index (χ4v) is 2.87. The monoisotopic (exact) mass is 346 g/mol. The van der Waals surface area contributed by atoms with E-state index in [9.17, 15) is 4.79 Å². The summed E-state index contributed by atoms with van der Waals surface area (Å²) in [6.07, 6.45) is 1.63. The van der Waals surface area contributed by atoms with Crippen LogP contribution in [-0.2, 0) is 6.42 Å². The number of halogens is 1. The Kier molecular flexibility index (Phi) is 3.49. The molecule has 0 aliphatic carbocycles. The van der Waals surface area contributed by atoms with Gasteiger partial charge < -0.3 is 9.47 Å². The molecule has 0 bridgehead atoms. The average molecular weight is 347 g/mol. The Labute approximate surface area is 132 Å². The molecule has 2 aromatic carbocycles. The number of carbonyl (C=O) groups excluding carboxylic acids is 1. The van der Waals surface area contributed by atoms with Gasteiger partial charge in [-0.1, -0.05) is 28.1 Å². The van der Waals surface area contributed by atoms with Gasteiger partial charge in [0.05, 0.1) is 5.56 Å². The van der Waals surface area contributed by atoms with E-state index in [0.29, 0.717) is 17.1 Å². The Morgan fingerprint density at radius 1 is 1.24 bits per heavy atom. The van der Waals surface area contributed by atoms with E-state index in [-0.39, 0.29) is 5.60 Å². The first-order valence-corrected chi connectivity index (χ1v) is 7.51. The molecule has 3 nitrogen and oxygen atoms in total. The smallest absolute Gasteiger partial charge is 0.169 e. The molecule has 1 aliphatic rings. The molecule has 0 atom stereocenters. The molecule has 0 spiro atoms. The molecular weight excluding hydrogens is 332 g/mol. The number of para-hydroxylation sites is 1. The summed E-state index contributed by atoms with van der Waals surface area (Å²) in [5, 5.41) is 0.